The highest BCUT2D eigenvalue weighted by Gasteiger charge is 2.08. The number of hydrogen-bond donors (Lipinski definition) is 1. The zero-order valence-corrected chi connectivity index (χ0v) is 11.5. The molecular weight excluding hydrogens is 345 g/mol. The lowest BCUT2D eigenvalue weighted by molar-refractivity contribution is -0.384. The quantitative estimate of drug-likeness (QED) is 0.520. The van der Waals surface area contributed by atoms with Gasteiger partial charge in [-0.2, -0.15) is 0 Å². The number of nitro benzene ring substituents is 1. The van der Waals surface area contributed by atoms with Gasteiger partial charge in [-0.25, -0.2) is 0 Å². The average molecular weight is 355 g/mol. The van der Waals surface area contributed by atoms with Gasteiger partial charge in [0, 0.05) is 40.3 Å². The molecule has 1 N–H and O–H groups in total. The van der Waals surface area contributed by atoms with Crippen molar-refractivity contribution in [1.29, 1.82) is 0 Å². The number of rotatable bonds is 4. The molecule has 0 aliphatic rings. The largest absolute Gasteiger partial charge is 0.380 e. The molecule has 1 heterocycles. The van der Waals surface area contributed by atoms with Crippen molar-refractivity contribution in [3.05, 3.63) is 62.0 Å². The van der Waals surface area contributed by atoms with Gasteiger partial charge in [0.2, 0.25) is 0 Å². The maximum absolute atomic E-state index is 10.6. The first-order chi connectivity index (χ1) is 8.66. The lowest BCUT2D eigenvalue weighted by atomic mass is 10.2. The highest BCUT2D eigenvalue weighted by Crippen LogP contribution is 2.23. The Kier molecular flexibility index (Phi) is 4.08. The highest BCUT2D eigenvalue weighted by atomic mass is 127. The minimum atomic E-state index is -0.396. The molecule has 0 bridgehead atoms. The predicted molar refractivity (Wildman–Crippen MR) is 77.4 cm³/mol. The number of hydrogen-bond acceptors (Lipinski definition) is 4. The van der Waals surface area contributed by atoms with E-state index >= 15 is 0 Å². The van der Waals surface area contributed by atoms with Gasteiger partial charge in [-0.05, 0) is 40.3 Å². The van der Waals surface area contributed by atoms with E-state index in [2.05, 4.69) is 32.9 Å². The summed E-state index contributed by atoms with van der Waals surface area (Å²) in [7, 11) is 0. The van der Waals surface area contributed by atoms with Gasteiger partial charge in [0.25, 0.3) is 5.69 Å². The van der Waals surface area contributed by atoms with Gasteiger partial charge in [-0.15, -0.1) is 0 Å². The fourth-order valence-corrected chi connectivity index (χ4v) is 2.15. The minimum Gasteiger partial charge on any atom is -0.380 e. The molecule has 1 aromatic heterocycles. The highest BCUT2D eigenvalue weighted by molar-refractivity contribution is 14.1. The monoisotopic (exact) mass is 355 g/mol. The van der Waals surface area contributed by atoms with Crippen molar-refractivity contribution >= 4 is 34.0 Å². The molecule has 0 aliphatic heterocycles. The number of anilines is 1. The van der Waals surface area contributed by atoms with Crippen molar-refractivity contribution in [2.45, 2.75) is 6.54 Å². The number of pyridine rings is 1. The molecule has 0 saturated heterocycles. The zero-order chi connectivity index (χ0) is 13.0. The molecule has 92 valence electrons. The van der Waals surface area contributed by atoms with Crippen LogP contribution in [0.2, 0.25) is 0 Å². The summed E-state index contributed by atoms with van der Waals surface area (Å²) < 4.78 is 0.825. The third-order valence-corrected chi connectivity index (χ3v) is 3.26. The Morgan fingerprint density at radius 3 is 2.83 bits per heavy atom. The van der Waals surface area contributed by atoms with Gasteiger partial charge in [0.05, 0.1) is 4.92 Å². The minimum absolute atomic E-state index is 0.103. The van der Waals surface area contributed by atoms with Gasteiger partial charge in [-0.1, -0.05) is 6.07 Å². The maximum Gasteiger partial charge on any atom is 0.270 e. The molecule has 0 fully saturated rings. The molecule has 0 amide bonds. The molecule has 2 aromatic rings. The van der Waals surface area contributed by atoms with E-state index in [1.54, 1.807) is 24.5 Å². The summed E-state index contributed by atoms with van der Waals surface area (Å²) >= 11 is 2.08. The molecular formula is C12H10IN3O2. The summed E-state index contributed by atoms with van der Waals surface area (Å²) in [5.74, 6) is 0. The SMILES string of the molecule is O=[N+]([O-])c1ccc(NCc2cccnc2)c(I)c1. The van der Waals surface area contributed by atoms with E-state index in [4.69, 9.17) is 0 Å². The van der Waals surface area contributed by atoms with Crippen LogP contribution in [0, 0.1) is 13.7 Å². The topological polar surface area (TPSA) is 68.1 Å². The normalized spacial score (nSPS) is 10.1. The van der Waals surface area contributed by atoms with Crippen LogP contribution in [-0.4, -0.2) is 9.91 Å². The molecule has 18 heavy (non-hydrogen) atoms. The van der Waals surface area contributed by atoms with E-state index in [0.29, 0.717) is 6.54 Å². The molecule has 0 unspecified atom stereocenters. The van der Waals surface area contributed by atoms with Gasteiger partial charge >= 0.3 is 0 Å². The Hall–Kier alpha value is -1.70. The van der Waals surface area contributed by atoms with Crippen molar-refractivity contribution in [2.75, 3.05) is 5.32 Å². The average Bonchev–Trinajstić information content (AvgIpc) is 2.38. The van der Waals surface area contributed by atoms with Crippen LogP contribution < -0.4 is 5.32 Å². The molecule has 6 heteroatoms. The van der Waals surface area contributed by atoms with E-state index in [0.717, 1.165) is 14.8 Å². The molecule has 0 saturated carbocycles. The lowest BCUT2D eigenvalue weighted by Crippen LogP contribution is -2.01. The van der Waals surface area contributed by atoms with E-state index < -0.39 is 4.92 Å². The number of nitro groups is 1. The van der Waals surface area contributed by atoms with Crippen LogP contribution >= 0.6 is 22.6 Å². The number of nitrogens with one attached hydrogen (secondary N) is 1. The standard InChI is InChI=1S/C12H10IN3O2/c13-11-6-10(16(17)18)3-4-12(11)15-8-9-2-1-5-14-7-9/h1-7,15H,8H2. The summed E-state index contributed by atoms with van der Waals surface area (Å²) in [4.78, 5) is 14.2. The van der Waals surface area contributed by atoms with Crippen LogP contribution in [0.3, 0.4) is 0 Å². The molecule has 5 nitrogen and oxygen atoms in total. The van der Waals surface area contributed by atoms with Crippen molar-refractivity contribution in [1.82, 2.24) is 4.98 Å². The smallest absolute Gasteiger partial charge is 0.270 e. The molecule has 0 aliphatic carbocycles. The van der Waals surface area contributed by atoms with Crippen LogP contribution in [-0.2, 0) is 6.54 Å². The molecule has 0 radical (unpaired) electrons. The van der Waals surface area contributed by atoms with Crippen LogP contribution in [0.15, 0.2) is 42.7 Å². The number of non-ortho nitro benzene ring substituents is 1. The number of nitrogens with zero attached hydrogens (tertiary/aromatic N) is 2. The van der Waals surface area contributed by atoms with Gasteiger partial charge in [-0.3, -0.25) is 15.1 Å². The predicted octanol–water partition coefficient (Wildman–Crippen LogP) is 3.21. The van der Waals surface area contributed by atoms with Gasteiger partial charge < -0.3 is 5.32 Å². The molecule has 2 rings (SSSR count). The van der Waals surface area contributed by atoms with Crippen LogP contribution in [0.25, 0.3) is 0 Å². The van der Waals surface area contributed by atoms with E-state index in [1.165, 1.54) is 6.07 Å². The Morgan fingerprint density at radius 1 is 1.39 bits per heavy atom. The molecule has 0 atom stereocenters. The van der Waals surface area contributed by atoms with E-state index in [1.807, 2.05) is 12.1 Å². The zero-order valence-electron chi connectivity index (χ0n) is 9.34. The third-order valence-electron chi connectivity index (χ3n) is 2.37. The summed E-state index contributed by atoms with van der Waals surface area (Å²) in [6, 6.07) is 8.60. The summed E-state index contributed by atoms with van der Waals surface area (Å²) in [6.07, 6.45) is 3.50. The Labute approximate surface area is 118 Å². The van der Waals surface area contributed by atoms with Crippen molar-refractivity contribution in [3.8, 4) is 0 Å². The second-order valence-electron chi connectivity index (χ2n) is 3.64. The second kappa shape index (κ2) is 5.76. The van der Waals surface area contributed by atoms with Crippen molar-refractivity contribution in [3.63, 3.8) is 0 Å². The Morgan fingerprint density at radius 2 is 2.22 bits per heavy atom. The fraction of sp³-hybridized carbons (Fsp3) is 0.0833. The number of halogens is 1. The molecule has 1 aromatic carbocycles. The van der Waals surface area contributed by atoms with Crippen molar-refractivity contribution in [2.24, 2.45) is 0 Å². The first kappa shape index (κ1) is 12.7. The second-order valence-corrected chi connectivity index (χ2v) is 4.80. The van der Waals surface area contributed by atoms with Gasteiger partial charge in [0.1, 0.15) is 0 Å². The number of benzene rings is 1. The van der Waals surface area contributed by atoms with Crippen LogP contribution in [0.4, 0.5) is 11.4 Å². The first-order valence-electron chi connectivity index (χ1n) is 5.23. The van der Waals surface area contributed by atoms with Gasteiger partial charge in [0.15, 0.2) is 0 Å². The van der Waals surface area contributed by atoms with Crippen molar-refractivity contribution < 1.29 is 4.92 Å². The summed E-state index contributed by atoms with van der Waals surface area (Å²) in [5.41, 5.74) is 2.04. The van der Waals surface area contributed by atoms with Crippen LogP contribution in [0.5, 0.6) is 0 Å². The fourth-order valence-electron chi connectivity index (χ4n) is 1.46. The maximum atomic E-state index is 10.6. The first-order valence-corrected chi connectivity index (χ1v) is 6.31. The third kappa shape index (κ3) is 3.16. The van der Waals surface area contributed by atoms with E-state index in [-0.39, 0.29) is 5.69 Å². The van der Waals surface area contributed by atoms with E-state index in [9.17, 15) is 10.1 Å². The van der Waals surface area contributed by atoms with Crippen LogP contribution in [0.1, 0.15) is 5.56 Å². The summed E-state index contributed by atoms with van der Waals surface area (Å²) in [6.45, 7) is 0.641. The Bertz CT molecular complexity index is 561. The Balaban J connectivity index is 2.08. The lowest BCUT2D eigenvalue weighted by Gasteiger charge is -2.08. The summed E-state index contributed by atoms with van der Waals surface area (Å²) in [5, 5.41) is 13.8. The molecule has 0 spiro atoms. The number of aromatic nitrogens is 1.